The minimum absolute atomic E-state index is 0.262. The van der Waals surface area contributed by atoms with Crippen LogP contribution in [0, 0.1) is 0 Å². The molecule has 0 spiro atoms. The summed E-state index contributed by atoms with van der Waals surface area (Å²) in [5, 5.41) is 22.8. The maximum atomic E-state index is 7.09. The van der Waals surface area contributed by atoms with Gasteiger partial charge in [-0.2, -0.15) is 0 Å². The number of rotatable bonds is 8. The summed E-state index contributed by atoms with van der Waals surface area (Å²) < 4.78 is 0. The van der Waals surface area contributed by atoms with Gasteiger partial charge in [-0.1, -0.05) is 176 Å². The Morgan fingerprint density at radius 1 is 0.389 bits per heavy atom. The second kappa shape index (κ2) is 13.6. The van der Waals surface area contributed by atoms with E-state index in [0.29, 0.717) is 6.54 Å². The summed E-state index contributed by atoms with van der Waals surface area (Å²) >= 11 is 0. The third kappa shape index (κ3) is 5.76. The SMILES string of the molecule is NC(NC(NCc1ccc2c(ccc3c4ccccc4ccc23)c1)c1c2ccccc2cc2c1ccc1ccccc12)c1ccc(-c2ccccc2)cc1. The molecule has 0 saturated carbocycles. The van der Waals surface area contributed by atoms with Crippen molar-refractivity contribution < 1.29 is 0 Å². The van der Waals surface area contributed by atoms with Crippen molar-refractivity contribution in [3.63, 3.8) is 0 Å². The molecular formula is C51H39N3. The Balaban J connectivity index is 1.05. The van der Waals surface area contributed by atoms with Crippen LogP contribution in [0.15, 0.2) is 188 Å². The molecule has 0 amide bonds. The molecule has 0 radical (unpaired) electrons. The van der Waals surface area contributed by atoms with Crippen molar-refractivity contribution >= 4 is 64.6 Å². The van der Waals surface area contributed by atoms with Gasteiger partial charge >= 0.3 is 0 Å². The van der Waals surface area contributed by atoms with E-state index in [2.05, 4.69) is 193 Å². The fraction of sp³-hybridized carbons (Fsp3) is 0.0588. The molecule has 2 unspecified atom stereocenters. The lowest BCUT2D eigenvalue weighted by Gasteiger charge is -2.28. The number of nitrogens with two attached hydrogens (primary N) is 1. The van der Waals surface area contributed by atoms with Crippen LogP contribution in [0.2, 0.25) is 0 Å². The topological polar surface area (TPSA) is 50.1 Å². The van der Waals surface area contributed by atoms with Gasteiger partial charge in [0.05, 0.1) is 12.3 Å². The molecule has 54 heavy (non-hydrogen) atoms. The second-order valence-electron chi connectivity index (χ2n) is 14.3. The molecule has 0 fully saturated rings. The molecule has 0 aliphatic rings. The minimum Gasteiger partial charge on any atom is -0.312 e. The van der Waals surface area contributed by atoms with E-state index in [1.165, 1.54) is 86.9 Å². The molecule has 258 valence electrons. The minimum atomic E-state index is -0.417. The van der Waals surface area contributed by atoms with Gasteiger partial charge in [0.1, 0.15) is 0 Å². The Morgan fingerprint density at radius 3 is 1.63 bits per heavy atom. The summed E-state index contributed by atoms with van der Waals surface area (Å²) in [6.45, 7) is 0.654. The molecule has 0 aromatic heterocycles. The predicted molar refractivity (Wildman–Crippen MR) is 229 cm³/mol. The lowest BCUT2D eigenvalue weighted by molar-refractivity contribution is 0.390. The molecule has 2 atom stereocenters. The van der Waals surface area contributed by atoms with Crippen LogP contribution in [-0.2, 0) is 6.54 Å². The summed E-state index contributed by atoms with van der Waals surface area (Å²) in [5.74, 6) is 0. The second-order valence-corrected chi connectivity index (χ2v) is 14.3. The molecule has 0 aliphatic carbocycles. The van der Waals surface area contributed by atoms with E-state index in [-0.39, 0.29) is 6.17 Å². The van der Waals surface area contributed by atoms with Crippen molar-refractivity contribution in [1.29, 1.82) is 0 Å². The zero-order valence-electron chi connectivity index (χ0n) is 29.8. The lowest BCUT2D eigenvalue weighted by atomic mass is 9.91. The number of hydrogen-bond donors (Lipinski definition) is 3. The summed E-state index contributed by atoms with van der Waals surface area (Å²) in [5.41, 5.74) is 12.9. The Labute approximate surface area is 314 Å². The van der Waals surface area contributed by atoms with Gasteiger partial charge in [0.25, 0.3) is 0 Å². The van der Waals surface area contributed by atoms with Crippen LogP contribution in [0.4, 0.5) is 0 Å². The Kier molecular flexibility index (Phi) is 8.11. The molecule has 4 N–H and O–H groups in total. The molecular weight excluding hydrogens is 655 g/mol. The third-order valence-electron chi connectivity index (χ3n) is 11.1. The number of nitrogens with one attached hydrogen (secondary N) is 2. The Hall–Kier alpha value is -6.36. The summed E-state index contributed by atoms with van der Waals surface area (Å²) in [6.07, 6.45) is -0.679. The Bertz CT molecular complexity index is 2990. The van der Waals surface area contributed by atoms with Gasteiger partial charge in [-0.25, -0.2) is 0 Å². The molecule has 3 nitrogen and oxygen atoms in total. The van der Waals surface area contributed by atoms with Crippen molar-refractivity contribution in [1.82, 2.24) is 10.6 Å². The van der Waals surface area contributed by atoms with Crippen LogP contribution in [0.5, 0.6) is 0 Å². The van der Waals surface area contributed by atoms with E-state index >= 15 is 0 Å². The fourth-order valence-corrected chi connectivity index (χ4v) is 8.41. The number of hydrogen-bond acceptors (Lipinski definition) is 3. The summed E-state index contributed by atoms with van der Waals surface area (Å²) in [4.78, 5) is 0. The predicted octanol–water partition coefficient (Wildman–Crippen LogP) is 12.3. The monoisotopic (exact) mass is 693 g/mol. The normalized spacial score (nSPS) is 13.0. The largest absolute Gasteiger partial charge is 0.312 e. The molecule has 3 heteroatoms. The van der Waals surface area contributed by atoms with Crippen molar-refractivity contribution in [3.05, 3.63) is 205 Å². The third-order valence-corrected chi connectivity index (χ3v) is 11.1. The van der Waals surface area contributed by atoms with Crippen LogP contribution in [0.1, 0.15) is 29.0 Å². The molecule has 0 aliphatic heterocycles. The van der Waals surface area contributed by atoms with Gasteiger partial charge in [0, 0.05) is 6.54 Å². The average molecular weight is 694 g/mol. The van der Waals surface area contributed by atoms with Crippen molar-refractivity contribution in [3.8, 4) is 11.1 Å². The van der Waals surface area contributed by atoms with Crippen molar-refractivity contribution in [2.24, 2.45) is 5.73 Å². The Morgan fingerprint density at radius 2 is 0.907 bits per heavy atom. The van der Waals surface area contributed by atoms with E-state index in [0.717, 1.165) is 5.56 Å². The van der Waals surface area contributed by atoms with Crippen LogP contribution in [-0.4, -0.2) is 0 Å². The molecule has 10 aromatic rings. The standard InChI is InChI=1S/C51H39N3/c52-50(38-21-19-35(20-22-38)34-10-2-1-3-11-34)54-51(49-44-17-9-6-14-39(44)31-48-42-16-8-5-13-37(42)24-29-47(48)49)53-32-33-18-26-43-40(30-33)25-28-45-41-15-7-4-12-36(41)23-27-46(43)45/h1-31,50-51,53-54H,32,52H2. The van der Waals surface area contributed by atoms with Gasteiger partial charge in [-0.05, 0) is 105 Å². The highest BCUT2D eigenvalue weighted by Gasteiger charge is 2.22. The molecule has 10 aromatic carbocycles. The quantitative estimate of drug-likeness (QED) is 0.0843. The maximum absolute atomic E-state index is 7.09. The summed E-state index contributed by atoms with van der Waals surface area (Å²) in [7, 11) is 0. The molecule has 10 rings (SSSR count). The van der Waals surface area contributed by atoms with Crippen LogP contribution in [0.25, 0.3) is 75.8 Å². The number of benzene rings is 10. The molecule has 0 heterocycles. The van der Waals surface area contributed by atoms with E-state index in [1.807, 2.05) is 6.07 Å². The van der Waals surface area contributed by atoms with E-state index in [1.54, 1.807) is 0 Å². The zero-order valence-corrected chi connectivity index (χ0v) is 29.8. The van der Waals surface area contributed by atoms with Gasteiger partial charge < -0.3 is 5.73 Å². The van der Waals surface area contributed by atoms with E-state index in [9.17, 15) is 0 Å². The zero-order chi connectivity index (χ0) is 36.0. The first-order valence-corrected chi connectivity index (χ1v) is 18.7. The van der Waals surface area contributed by atoms with Gasteiger partial charge in [-0.15, -0.1) is 0 Å². The number of fused-ring (bicyclic) bond motifs is 9. The van der Waals surface area contributed by atoms with Gasteiger partial charge in [0.15, 0.2) is 0 Å². The van der Waals surface area contributed by atoms with E-state index < -0.39 is 6.17 Å². The van der Waals surface area contributed by atoms with E-state index in [4.69, 9.17) is 5.73 Å². The van der Waals surface area contributed by atoms with Crippen molar-refractivity contribution in [2.75, 3.05) is 0 Å². The maximum Gasteiger partial charge on any atom is 0.0864 e. The van der Waals surface area contributed by atoms with Crippen molar-refractivity contribution in [2.45, 2.75) is 18.9 Å². The first-order valence-electron chi connectivity index (χ1n) is 18.7. The fourth-order valence-electron chi connectivity index (χ4n) is 8.41. The van der Waals surface area contributed by atoms with Gasteiger partial charge in [0.2, 0.25) is 0 Å². The van der Waals surface area contributed by atoms with Crippen LogP contribution in [0.3, 0.4) is 0 Å². The average Bonchev–Trinajstić information content (AvgIpc) is 3.24. The van der Waals surface area contributed by atoms with Crippen LogP contribution >= 0.6 is 0 Å². The molecule has 0 bridgehead atoms. The molecule has 0 saturated heterocycles. The lowest BCUT2D eigenvalue weighted by Crippen LogP contribution is -2.40. The van der Waals surface area contributed by atoms with Gasteiger partial charge in [-0.3, -0.25) is 10.6 Å². The highest BCUT2D eigenvalue weighted by molar-refractivity contribution is 6.17. The highest BCUT2D eigenvalue weighted by Crippen LogP contribution is 2.37. The van der Waals surface area contributed by atoms with Crippen LogP contribution < -0.4 is 16.4 Å². The smallest absolute Gasteiger partial charge is 0.0864 e. The first-order chi connectivity index (χ1) is 26.7. The first kappa shape index (κ1) is 32.3. The summed E-state index contributed by atoms with van der Waals surface area (Å²) in [6, 6.07) is 67.9. The highest BCUT2D eigenvalue weighted by atomic mass is 15.2.